The van der Waals surface area contributed by atoms with Gasteiger partial charge in [0.25, 0.3) is 0 Å². The third kappa shape index (κ3) is 3.27. The van der Waals surface area contributed by atoms with E-state index in [-0.39, 0.29) is 0 Å². The molecule has 14 heavy (non-hydrogen) atoms. The molecule has 2 N–H and O–H groups in total. The molecule has 1 heteroatoms. The number of hydrogen-bond donors (Lipinski definition) is 1. The summed E-state index contributed by atoms with van der Waals surface area (Å²) in [6.45, 7) is 6.86. The highest BCUT2D eigenvalue weighted by atomic mass is 14.7. The number of nitrogens with two attached hydrogens (primary N) is 1. The molecule has 0 amide bonds. The summed E-state index contributed by atoms with van der Waals surface area (Å²) in [6.07, 6.45) is 9.61. The molecule has 1 aliphatic rings. The van der Waals surface area contributed by atoms with Gasteiger partial charge in [-0.2, -0.15) is 0 Å². The van der Waals surface area contributed by atoms with Crippen LogP contribution in [0.2, 0.25) is 0 Å². The second-order valence-electron chi connectivity index (χ2n) is 5.69. The maximum absolute atomic E-state index is 6.29. The predicted octanol–water partition coefficient (Wildman–Crippen LogP) is 3.72. The molecule has 0 aromatic carbocycles. The van der Waals surface area contributed by atoms with Gasteiger partial charge in [0.15, 0.2) is 0 Å². The lowest BCUT2D eigenvalue weighted by Crippen LogP contribution is -2.38. The predicted molar refractivity (Wildman–Crippen MR) is 63.2 cm³/mol. The minimum atomic E-state index is 0.331. The zero-order chi connectivity index (χ0) is 10.6. The summed E-state index contributed by atoms with van der Waals surface area (Å²) in [7, 11) is 0. The van der Waals surface area contributed by atoms with Gasteiger partial charge >= 0.3 is 0 Å². The van der Waals surface area contributed by atoms with Gasteiger partial charge in [0.1, 0.15) is 0 Å². The number of rotatable bonds is 4. The van der Waals surface area contributed by atoms with Crippen LogP contribution in [0.5, 0.6) is 0 Å². The maximum Gasteiger partial charge on any atom is 0.00928 e. The van der Waals surface area contributed by atoms with Crippen molar-refractivity contribution in [2.75, 3.05) is 0 Å². The van der Waals surface area contributed by atoms with Crippen molar-refractivity contribution in [1.29, 1.82) is 0 Å². The molecule has 0 saturated heterocycles. The maximum atomic E-state index is 6.29. The third-order valence-electron chi connectivity index (χ3n) is 4.23. The minimum Gasteiger partial charge on any atom is -0.327 e. The Balaban J connectivity index is 2.34. The molecular formula is C13H27N. The largest absolute Gasteiger partial charge is 0.327 e. The SMILES string of the molecule is CCC(C)(C)C(N)CC1CCCCC1. The lowest BCUT2D eigenvalue weighted by atomic mass is 9.75. The molecular weight excluding hydrogens is 170 g/mol. The summed E-state index contributed by atoms with van der Waals surface area (Å²) in [6, 6.07) is 0.399. The second kappa shape index (κ2) is 5.16. The fourth-order valence-electron chi connectivity index (χ4n) is 2.36. The van der Waals surface area contributed by atoms with Crippen LogP contribution in [-0.4, -0.2) is 6.04 Å². The first-order valence-corrected chi connectivity index (χ1v) is 6.32. The summed E-state index contributed by atoms with van der Waals surface area (Å²) in [5, 5.41) is 0. The van der Waals surface area contributed by atoms with Gasteiger partial charge in [0.05, 0.1) is 0 Å². The monoisotopic (exact) mass is 197 g/mol. The molecule has 1 saturated carbocycles. The van der Waals surface area contributed by atoms with E-state index >= 15 is 0 Å². The normalized spacial score (nSPS) is 22.3. The van der Waals surface area contributed by atoms with E-state index in [0.717, 1.165) is 5.92 Å². The molecule has 0 aliphatic heterocycles. The fourth-order valence-corrected chi connectivity index (χ4v) is 2.36. The second-order valence-corrected chi connectivity index (χ2v) is 5.69. The summed E-state index contributed by atoms with van der Waals surface area (Å²) < 4.78 is 0. The first kappa shape index (κ1) is 12.0. The minimum absolute atomic E-state index is 0.331. The van der Waals surface area contributed by atoms with E-state index in [4.69, 9.17) is 5.73 Å². The van der Waals surface area contributed by atoms with E-state index in [1.165, 1.54) is 44.9 Å². The van der Waals surface area contributed by atoms with Gasteiger partial charge in [-0.1, -0.05) is 52.9 Å². The molecule has 0 spiro atoms. The molecule has 1 aliphatic carbocycles. The highest BCUT2D eigenvalue weighted by Crippen LogP contribution is 2.33. The van der Waals surface area contributed by atoms with Crippen molar-refractivity contribution in [3.05, 3.63) is 0 Å². The highest BCUT2D eigenvalue weighted by Gasteiger charge is 2.27. The van der Waals surface area contributed by atoms with E-state index in [9.17, 15) is 0 Å². The molecule has 0 aromatic rings. The fraction of sp³-hybridized carbons (Fsp3) is 1.00. The Morgan fingerprint density at radius 2 is 1.79 bits per heavy atom. The smallest absolute Gasteiger partial charge is 0.00928 e. The van der Waals surface area contributed by atoms with E-state index in [1.54, 1.807) is 0 Å². The first-order valence-electron chi connectivity index (χ1n) is 6.32. The molecule has 1 atom stereocenters. The van der Waals surface area contributed by atoms with Crippen molar-refractivity contribution < 1.29 is 0 Å². The Kier molecular flexibility index (Phi) is 4.43. The van der Waals surface area contributed by atoms with Crippen molar-refractivity contribution in [1.82, 2.24) is 0 Å². The van der Waals surface area contributed by atoms with E-state index < -0.39 is 0 Å². The summed E-state index contributed by atoms with van der Waals surface area (Å²) >= 11 is 0. The summed E-state index contributed by atoms with van der Waals surface area (Å²) in [5.41, 5.74) is 6.62. The van der Waals surface area contributed by atoms with E-state index in [0.29, 0.717) is 11.5 Å². The summed E-state index contributed by atoms with van der Waals surface area (Å²) in [5.74, 6) is 0.921. The number of hydrogen-bond acceptors (Lipinski definition) is 1. The molecule has 1 nitrogen and oxygen atoms in total. The molecule has 0 radical (unpaired) electrons. The van der Waals surface area contributed by atoms with Crippen molar-refractivity contribution in [3.8, 4) is 0 Å². The quantitative estimate of drug-likeness (QED) is 0.730. The Morgan fingerprint density at radius 1 is 1.21 bits per heavy atom. The standard InChI is InChI=1S/C13H27N/c1-4-13(2,3)12(14)10-11-8-6-5-7-9-11/h11-12H,4-10,14H2,1-3H3. The average Bonchev–Trinajstić information content (AvgIpc) is 2.19. The molecule has 0 aromatic heterocycles. The first-order chi connectivity index (χ1) is 6.56. The van der Waals surface area contributed by atoms with Crippen LogP contribution in [0.4, 0.5) is 0 Å². The Bertz CT molecular complexity index is 157. The van der Waals surface area contributed by atoms with Crippen LogP contribution in [0.25, 0.3) is 0 Å². The lowest BCUT2D eigenvalue weighted by Gasteiger charge is -2.34. The molecule has 1 fully saturated rings. The third-order valence-corrected chi connectivity index (χ3v) is 4.23. The molecule has 84 valence electrons. The van der Waals surface area contributed by atoms with E-state index in [2.05, 4.69) is 20.8 Å². The lowest BCUT2D eigenvalue weighted by molar-refractivity contribution is 0.212. The van der Waals surface area contributed by atoms with Crippen LogP contribution < -0.4 is 5.73 Å². The zero-order valence-electron chi connectivity index (χ0n) is 10.2. The average molecular weight is 197 g/mol. The van der Waals surface area contributed by atoms with Gasteiger partial charge in [-0.05, 0) is 24.2 Å². The summed E-state index contributed by atoms with van der Waals surface area (Å²) in [4.78, 5) is 0. The van der Waals surface area contributed by atoms with Gasteiger partial charge in [-0.15, -0.1) is 0 Å². The van der Waals surface area contributed by atoms with Crippen molar-refractivity contribution in [2.45, 2.75) is 71.8 Å². The van der Waals surface area contributed by atoms with Crippen LogP contribution in [-0.2, 0) is 0 Å². The Hall–Kier alpha value is -0.0400. The van der Waals surface area contributed by atoms with Gasteiger partial charge in [0, 0.05) is 6.04 Å². The van der Waals surface area contributed by atoms with Gasteiger partial charge in [-0.3, -0.25) is 0 Å². The van der Waals surface area contributed by atoms with Crippen molar-refractivity contribution in [2.24, 2.45) is 17.1 Å². The van der Waals surface area contributed by atoms with Gasteiger partial charge < -0.3 is 5.73 Å². The van der Waals surface area contributed by atoms with Crippen LogP contribution in [0, 0.1) is 11.3 Å². The molecule has 0 heterocycles. The Labute approximate surface area is 89.5 Å². The molecule has 1 unspecified atom stereocenters. The van der Waals surface area contributed by atoms with Crippen LogP contribution in [0.3, 0.4) is 0 Å². The van der Waals surface area contributed by atoms with Gasteiger partial charge in [0.2, 0.25) is 0 Å². The zero-order valence-corrected chi connectivity index (χ0v) is 10.2. The topological polar surface area (TPSA) is 26.0 Å². The Morgan fingerprint density at radius 3 is 2.29 bits per heavy atom. The van der Waals surface area contributed by atoms with E-state index in [1.807, 2.05) is 0 Å². The van der Waals surface area contributed by atoms with Crippen LogP contribution in [0.15, 0.2) is 0 Å². The van der Waals surface area contributed by atoms with Gasteiger partial charge in [-0.25, -0.2) is 0 Å². The van der Waals surface area contributed by atoms with Crippen molar-refractivity contribution in [3.63, 3.8) is 0 Å². The highest BCUT2D eigenvalue weighted by molar-refractivity contribution is 4.83. The molecule has 1 rings (SSSR count). The van der Waals surface area contributed by atoms with Crippen molar-refractivity contribution >= 4 is 0 Å². The molecule has 0 bridgehead atoms. The van der Waals surface area contributed by atoms with Crippen LogP contribution >= 0.6 is 0 Å². The van der Waals surface area contributed by atoms with Crippen LogP contribution in [0.1, 0.15) is 65.7 Å².